The zero-order chi connectivity index (χ0) is 30.8. The maximum absolute atomic E-state index is 11.9. The number of carbonyl (C=O) groups is 1. The van der Waals surface area contributed by atoms with Crippen molar-refractivity contribution in [2.24, 2.45) is 4.99 Å². The number of rotatable bonds is 23. The Morgan fingerprint density at radius 3 is 2.18 bits per heavy atom. The third-order valence-electron chi connectivity index (χ3n) is 5.65. The van der Waals surface area contributed by atoms with Crippen LogP contribution in [0.4, 0.5) is 5.69 Å². The molecule has 0 amide bonds. The van der Waals surface area contributed by atoms with E-state index in [0.717, 1.165) is 37.1 Å². The van der Waals surface area contributed by atoms with E-state index >= 15 is 0 Å². The van der Waals surface area contributed by atoms with Gasteiger partial charge < -0.3 is 46.1 Å². The van der Waals surface area contributed by atoms with Gasteiger partial charge in [0.05, 0.1) is 51.9 Å². The van der Waals surface area contributed by atoms with Crippen LogP contribution in [0.2, 0.25) is 5.02 Å². The summed E-state index contributed by atoms with van der Waals surface area (Å²) in [5.74, 6) is 0.706. The number of ether oxygens (including phenoxy) is 6. The molecule has 0 atom stereocenters. The minimum Gasteiger partial charge on any atom is -1.00 e. The van der Waals surface area contributed by atoms with Gasteiger partial charge in [-0.1, -0.05) is 18.0 Å². The average Bonchev–Trinajstić information content (AvgIpc) is 3.01. The van der Waals surface area contributed by atoms with Gasteiger partial charge in [-0.3, -0.25) is 10.3 Å². The Morgan fingerprint density at radius 1 is 0.886 bits per heavy atom. The standard InChI is InChI=1S/C30H42ClN5O7.ClH/c1-2-38-17-18-39-19-20-40-21-22-41-23-29(37)43-25-36-14-11-27(12-15-36)35-30(34-24-32)33-13-5-3-4-6-16-42-28-9-7-26(31)8-10-28;/h7-12,14-15H,2-6,13,16-23,25H2,1H3,(H,33,34);1H. The highest BCUT2D eigenvalue weighted by atomic mass is 35.5. The fourth-order valence-corrected chi connectivity index (χ4v) is 3.58. The summed E-state index contributed by atoms with van der Waals surface area (Å²) >= 11 is 5.88. The number of nitriles is 1. The Kier molecular flexibility index (Phi) is 23.2. The Hall–Kier alpha value is -3.18. The molecule has 1 heterocycles. The van der Waals surface area contributed by atoms with Crippen molar-refractivity contribution in [2.75, 3.05) is 71.3 Å². The Bertz CT molecular complexity index is 1090. The number of esters is 1. The highest BCUT2D eigenvalue weighted by molar-refractivity contribution is 6.30. The molecule has 0 aliphatic carbocycles. The highest BCUT2D eigenvalue weighted by Crippen LogP contribution is 2.16. The first-order chi connectivity index (χ1) is 21.1. The minimum absolute atomic E-state index is 0. The van der Waals surface area contributed by atoms with Crippen LogP contribution < -0.4 is 32.3 Å². The molecule has 0 saturated heterocycles. The second-order valence-electron chi connectivity index (χ2n) is 9.03. The molecule has 0 radical (unpaired) electrons. The topological polar surface area (TPSA) is 137 Å². The molecule has 0 saturated carbocycles. The van der Waals surface area contributed by atoms with Crippen molar-refractivity contribution in [1.29, 1.82) is 5.26 Å². The van der Waals surface area contributed by atoms with Gasteiger partial charge in [-0.25, -0.2) is 4.79 Å². The van der Waals surface area contributed by atoms with E-state index in [2.05, 4.69) is 15.6 Å². The molecule has 2 rings (SSSR count). The molecule has 14 heteroatoms. The van der Waals surface area contributed by atoms with Crippen molar-refractivity contribution in [3.8, 4) is 11.9 Å². The number of pyridine rings is 1. The van der Waals surface area contributed by atoms with Crippen LogP contribution in [0.3, 0.4) is 0 Å². The fourth-order valence-electron chi connectivity index (χ4n) is 3.45. The van der Waals surface area contributed by atoms with Gasteiger partial charge in [-0.05, 0) is 50.5 Å². The van der Waals surface area contributed by atoms with Crippen molar-refractivity contribution in [2.45, 2.75) is 39.3 Å². The predicted octanol–water partition coefficient (Wildman–Crippen LogP) is 0.696. The summed E-state index contributed by atoms with van der Waals surface area (Å²) in [6, 6.07) is 10.9. The van der Waals surface area contributed by atoms with Gasteiger partial charge in [0.1, 0.15) is 12.4 Å². The first-order valence-corrected chi connectivity index (χ1v) is 14.8. The Balaban J connectivity index is 0.00000968. The number of hydrogen-bond acceptors (Lipinski definition) is 9. The van der Waals surface area contributed by atoms with Crippen LogP contribution in [-0.4, -0.2) is 77.9 Å². The highest BCUT2D eigenvalue weighted by Gasteiger charge is 2.08. The van der Waals surface area contributed by atoms with Gasteiger partial charge in [0.15, 0.2) is 18.6 Å². The summed E-state index contributed by atoms with van der Waals surface area (Å²) in [5, 5.41) is 15.4. The number of aliphatic imine (C=N–C) groups is 1. The number of anilines is 1. The molecule has 1 aromatic carbocycles. The smallest absolute Gasteiger partial charge is 0.336 e. The number of halogens is 2. The van der Waals surface area contributed by atoms with E-state index in [0.29, 0.717) is 63.8 Å². The number of carbonyl (C=O) groups excluding carboxylic acids is 1. The molecule has 0 spiro atoms. The van der Waals surface area contributed by atoms with Crippen LogP contribution in [-0.2, 0) is 35.2 Å². The van der Waals surface area contributed by atoms with Gasteiger partial charge >= 0.3 is 5.97 Å². The number of aromatic nitrogens is 1. The van der Waals surface area contributed by atoms with Gasteiger partial charge in [0, 0.05) is 30.3 Å². The summed E-state index contributed by atoms with van der Waals surface area (Å²) in [5.41, 5.74) is 0.728. The van der Waals surface area contributed by atoms with Crippen LogP contribution in [0, 0.1) is 11.5 Å². The fraction of sp³-hybridized carbons (Fsp3) is 0.533. The van der Waals surface area contributed by atoms with E-state index in [9.17, 15) is 4.79 Å². The molecule has 0 fully saturated rings. The van der Waals surface area contributed by atoms with E-state index < -0.39 is 5.97 Å². The Labute approximate surface area is 271 Å². The van der Waals surface area contributed by atoms with Crippen molar-refractivity contribution in [1.82, 2.24) is 5.32 Å². The monoisotopic (exact) mass is 655 g/mol. The third-order valence-corrected chi connectivity index (χ3v) is 5.90. The molecule has 0 aliphatic heterocycles. The van der Waals surface area contributed by atoms with E-state index in [1.54, 1.807) is 29.1 Å². The minimum atomic E-state index is -0.476. The van der Waals surface area contributed by atoms with E-state index in [4.69, 9.17) is 45.3 Å². The first kappa shape index (κ1) is 38.8. The second kappa shape index (κ2) is 26.2. The molecular formula is C30H43Cl2N5O7. The third kappa shape index (κ3) is 19.9. The second-order valence-corrected chi connectivity index (χ2v) is 9.47. The van der Waals surface area contributed by atoms with E-state index in [1.165, 1.54) is 0 Å². The molecule has 0 unspecified atom stereocenters. The predicted molar refractivity (Wildman–Crippen MR) is 162 cm³/mol. The zero-order valence-electron chi connectivity index (χ0n) is 25.2. The lowest BCUT2D eigenvalue weighted by molar-refractivity contribution is -0.727. The summed E-state index contributed by atoms with van der Waals surface area (Å²) in [6.45, 7) is 6.40. The van der Waals surface area contributed by atoms with Gasteiger partial charge in [-0.2, -0.15) is 9.83 Å². The zero-order valence-corrected chi connectivity index (χ0v) is 26.7. The summed E-state index contributed by atoms with van der Waals surface area (Å²) < 4.78 is 33.8. The summed E-state index contributed by atoms with van der Waals surface area (Å²) in [4.78, 5) is 16.4. The number of nitrogens with zero attached hydrogens (tertiary/aromatic N) is 3. The van der Waals surface area contributed by atoms with Gasteiger partial charge in [-0.15, -0.1) is 0 Å². The van der Waals surface area contributed by atoms with Crippen molar-refractivity contribution < 1.29 is 50.2 Å². The van der Waals surface area contributed by atoms with Gasteiger partial charge in [0.2, 0.25) is 5.96 Å². The lowest BCUT2D eigenvalue weighted by Crippen LogP contribution is -3.00. The molecule has 244 valence electrons. The largest absolute Gasteiger partial charge is 1.00 e. The molecule has 0 bridgehead atoms. The molecule has 12 nitrogen and oxygen atoms in total. The van der Waals surface area contributed by atoms with Crippen molar-refractivity contribution in [3.05, 3.63) is 53.8 Å². The van der Waals surface area contributed by atoms with Gasteiger partial charge in [0.25, 0.3) is 6.73 Å². The Morgan fingerprint density at radius 2 is 1.52 bits per heavy atom. The maximum Gasteiger partial charge on any atom is 0.336 e. The van der Waals surface area contributed by atoms with Crippen LogP contribution in [0.5, 0.6) is 5.75 Å². The number of unbranched alkanes of at least 4 members (excludes halogenated alkanes) is 3. The van der Waals surface area contributed by atoms with Crippen LogP contribution in [0.15, 0.2) is 53.8 Å². The van der Waals surface area contributed by atoms with E-state index in [1.807, 2.05) is 37.4 Å². The lowest BCUT2D eigenvalue weighted by atomic mass is 10.2. The molecule has 1 aromatic heterocycles. The average molecular weight is 657 g/mol. The number of nitrogens with one attached hydrogen (secondary N) is 2. The normalized spacial score (nSPS) is 10.9. The van der Waals surface area contributed by atoms with Crippen LogP contribution >= 0.6 is 11.6 Å². The lowest BCUT2D eigenvalue weighted by Gasteiger charge is -2.08. The summed E-state index contributed by atoms with van der Waals surface area (Å²) in [7, 11) is 0. The first-order valence-electron chi connectivity index (χ1n) is 14.4. The molecule has 2 aromatic rings. The molecule has 0 aliphatic rings. The molecule has 44 heavy (non-hydrogen) atoms. The van der Waals surface area contributed by atoms with Crippen molar-refractivity contribution in [3.63, 3.8) is 0 Å². The molecule has 2 N–H and O–H groups in total. The summed E-state index contributed by atoms with van der Waals surface area (Å²) in [6.07, 6.45) is 9.25. The quantitative estimate of drug-likeness (QED) is 0.0335. The number of benzene rings is 1. The molecular weight excluding hydrogens is 613 g/mol. The van der Waals surface area contributed by atoms with Crippen molar-refractivity contribution >= 4 is 29.2 Å². The number of hydrogen-bond donors (Lipinski definition) is 2. The maximum atomic E-state index is 11.9. The SMILES string of the molecule is CCOCCOCCOCCOCC(=O)OC[n+]1ccc(NC(=NCCCCCCOc2ccc(Cl)cc2)NC#N)cc1.[Cl-]. The van der Waals surface area contributed by atoms with E-state index in [-0.39, 0.29) is 32.4 Å². The van der Waals surface area contributed by atoms with Crippen LogP contribution in [0.1, 0.15) is 32.6 Å². The number of guanidine groups is 1. The van der Waals surface area contributed by atoms with Crippen LogP contribution in [0.25, 0.3) is 0 Å².